The lowest BCUT2D eigenvalue weighted by Crippen LogP contribution is -2.02. The van der Waals surface area contributed by atoms with Crippen LogP contribution in [0.25, 0.3) is 0 Å². The molecule has 0 aliphatic heterocycles. The third-order valence-corrected chi connectivity index (χ3v) is 2.29. The molecule has 0 spiro atoms. The van der Waals surface area contributed by atoms with E-state index in [0.717, 1.165) is 0 Å². The van der Waals surface area contributed by atoms with Crippen molar-refractivity contribution in [3.8, 4) is 0 Å². The highest BCUT2D eigenvalue weighted by atomic mass is 35.5. The molecule has 5 heteroatoms. The van der Waals surface area contributed by atoms with Crippen LogP contribution in [0.4, 0.5) is 0 Å². The van der Waals surface area contributed by atoms with Gasteiger partial charge in [0.05, 0.1) is 0 Å². The molecule has 1 N–H and O–H groups in total. The number of halogens is 1. The van der Waals surface area contributed by atoms with Gasteiger partial charge in [0.15, 0.2) is 5.78 Å². The van der Waals surface area contributed by atoms with Gasteiger partial charge < -0.3 is 5.11 Å². The van der Waals surface area contributed by atoms with Gasteiger partial charge in [0, 0.05) is 24.1 Å². The van der Waals surface area contributed by atoms with E-state index in [1.807, 2.05) is 0 Å². The fourth-order valence-corrected chi connectivity index (χ4v) is 1.41. The predicted octanol–water partition coefficient (Wildman–Crippen LogP) is 2.56. The molecule has 4 nitrogen and oxygen atoms in total. The van der Waals surface area contributed by atoms with Gasteiger partial charge in [-0.05, 0) is 25.0 Å². The first-order valence-electron chi connectivity index (χ1n) is 4.96. The number of unbranched alkanes of at least 4 members (excludes halogenated alkanes) is 1. The third-order valence-electron chi connectivity index (χ3n) is 2.05. The summed E-state index contributed by atoms with van der Waals surface area (Å²) in [5.41, 5.74) is 0.336. The van der Waals surface area contributed by atoms with E-state index in [-0.39, 0.29) is 12.2 Å². The molecule has 0 fully saturated rings. The maximum absolute atomic E-state index is 11.6. The molecular formula is C11H12ClNO3. The minimum absolute atomic E-state index is 0.0935. The van der Waals surface area contributed by atoms with Crippen LogP contribution < -0.4 is 0 Å². The third kappa shape index (κ3) is 4.40. The Labute approximate surface area is 98.3 Å². The highest BCUT2D eigenvalue weighted by Gasteiger charge is 2.07. The molecule has 0 saturated carbocycles. The Balaban J connectivity index is 2.38. The van der Waals surface area contributed by atoms with Crippen molar-refractivity contribution < 1.29 is 14.7 Å². The van der Waals surface area contributed by atoms with Crippen LogP contribution in [0.2, 0.25) is 5.02 Å². The number of carbonyl (C=O) groups is 2. The molecule has 0 unspecified atom stereocenters. The van der Waals surface area contributed by atoms with Gasteiger partial charge in [0.1, 0.15) is 5.69 Å². The zero-order chi connectivity index (χ0) is 12.0. The number of aliphatic carboxylic acids is 1. The summed E-state index contributed by atoms with van der Waals surface area (Å²) < 4.78 is 0. The van der Waals surface area contributed by atoms with Crippen LogP contribution in [0.1, 0.15) is 36.2 Å². The van der Waals surface area contributed by atoms with Gasteiger partial charge in [-0.25, -0.2) is 0 Å². The molecule has 16 heavy (non-hydrogen) atoms. The summed E-state index contributed by atoms with van der Waals surface area (Å²) in [6.07, 6.45) is 2.94. The Hall–Kier alpha value is -1.42. The Kier molecular flexibility index (Phi) is 4.92. The minimum Gasteiger partial charge on any atom is -0.481 e. The molecule has 0 atom stereocenters. The van der Waals surface area contributed by atoms with E-state index in [0.29, 0.717) is 30.0 Å². The Morgan fingerprint density at radius 3 is 2.62 bits per heavy atom. The van der Waals surface area contributed by atoms with E-state index in [4.69, 9.17) is 16.7 Å². The standard InChI is InChI=1S/C11H12ClNO3/c12-8-5-6-13-9(7-8)10(14)3-1-2-4-11(15)16/h5-7H,1-4H2,(H,15,16). The van der Waals surface area contributed by atoms with Crippen molar-refractivity contribution in [1.82, 2.24) is 4.98 Å². The molecule has 0 aliphatic rings. The van der Waals surface area contributed by atoms with Crippen LogP contribution in [-0.4, -0.2) is 21.8 Å². The number of rotatable bonds is 6. The lowest BCUT2D eigenvalue weighted by atomic mass is 10.1. The van der Waals surface area contributed by atoms with Gasteiger partial charge >= 0.3 is 5.97 Å². The van der Waals surface area contributed by atoms with Gasteiger partial charge in [0.25, 0.3) is 0 Å². The lowest BCUT2D eigenvalue weighted by Gasteiger charge is -1.99. The molecule has 1 heterocycles. The van der Waals surface area contributed by atoms with E-state index in [1.165, 1.54) is 12.3 Å². The second kappa shape index (κ2) is 6.23. The number of carboxylic acid groups (broad SMARTS) is 1. The second-order valence-electron chi connectivity index (χ2n) is 3.38. The normalized spacial score (nSPS) is 10.1. The van der Waals surface area contributed by atoms with Crippen molar-refractivity contribution in [2.75, 3.05) is 0 Å². The van der Waals surface area contributed by atoms with E-state index < -0.39 is 5.97 Å². The molecule has 0 bridgehead atoms. The summed E-state index contributed by atoms with van der Waals surface area (Å²) in [6.45, 7) is 0. The molecule has 0 saturated heterocycles. The number of carbonyl (C=O) groups excluding carboxylic acids is 1. The lowest BCUT2D eigenvalue weighted by molar-refractivity contribution is -0.137. The quantitative estimate of drug-likeness (QED) is 0.614. The summed E-state index contributed by atoms with van der Waals surface area (Å²) in [5.74, 6) is -0.943. The van der Waals surface area contributed by atoms with Crippen molar-refractivity contribution in [3.05, 3.63) is 29.0 Å². The summed E-state index contributed by atoms with van der Waals surface area (Å²) >= 11 is 5.72. The van der Waals surface area contributed by atoms with Gasteiger partial charge in [0.2, 0.25) is 0 Å². The molecule has 0 aliphatic carbocycles. The van der Waals surface area contributed by atoms with Crippen LogP contribution in [0, 0.1) is 0 Å². The topological polar surface area (TPSA) is 67.3 Å². The zero-order valence-corrected chi connectivity index (χ0v) is 9.41. The first-order valence-corrected chi connectivity index (χ1v) is 5.34. The SMILES string of the molecule is O=C(O)CCCCC(=O)c1cc(Cl)ccn1. The molecule has 86 valence electrons. The summed E-state index contributed by atoms with van der Waals surface area (Å²) in [4.78, 5) is 25.7. The minimum atomic E-state index is -0.840. The molecular weight excluding hydrogens is 230 g/mol. The van der Waals surface area contributed by atoms with E-state index >= 15 is 0 Å². The van der Waals surface area contributed by atoms with Gasteiger partial charge in [-0.2, -0.15) is 0 Å². The van der Waals surface area contributed by atoms with Gasteiger partial charge in [-0.15, -0.1) is 0 Å². The molecule has 1 rings (SSSR count). The highest BCUT2D eigenvalue weighted by molar-refractivity contribution is 6.30. The smallest absolute Gasteiger partial charge is 0.303 e. The largest absolute Gasteiger partial charge is 0.481 e. The van der Waals surface area contributed by atoms with E-state index in [1.54, 1.807) is 6.07 Å². The van der Waals surface area contributed by atoms with Crippen molar-refractivity contribution in [3.63, 3.8) is 0 Å². The van der Waals surface area contributed by atoms with Crippen molar-refractivity contribution in [2.24, 2.45) is 0 Å². The van der Waals surface area contributed by atoms with Gasteiger partial charge in [-0.1, -0.05) is 11.6 Å². The maximum Gasteiger partial charge on any atom is 0.303 e. The first-order chi connectivity index (χ1) is 7.59. The van der Waals surface area contributed by atoms with Crippen molar-refractivity contribution >= 4 is 23.4 Å². The number of Topliss-reactive ketones (excluding diaryl/α,β-unsaturated/α-hetero) is 1. The number of ketones is 1. The van der Waals surface area contributed by atoms with Crippen molar-refractivity contribution in [1.29, 1.82) is 0 Å². The monoisotopic (exact) mass is 241 g/mol. The average Bonchev–Trinajstić information content (AvgIpc) is 2.24. The fraction of sp³-hybridized carbons (Fsp3) is 0.364. The Morgan fingerprint density at radius 2 is 2.00 bits per heavy atom. The van der Waals surface area contributed by atoms with Crippen LogP contribution >= 0.6 is 11.6 Å². The molecule has 1 aromatic rings. The molecule has 0 radical (unpaired) electrons. The Bertz CT molecular complexity index is 393. The van der Waals surface area contributed by atoms with Crippen molar-refractivity contribution in [2.45, 2.75) is 25.7 Å². The predicted molar refractivity (Wildman–Crippen MR) is 59.7 cm³/mol. The number of pyridine rings is 1. The zero-order valence-electron chi connectivity index (χ0n) is 8.65. The summed E-state index contributed by atoms with van der Waals surface area (Å²) in [5, 5.41) is 8.89. The summed E-state index contributed by atoms with van der Waals surface area (Å²) in [6, 6.07) is 3.11. The van der Waals surface area contributed by atoms with E-state index in [9.17, 15) is 9.59 Å². The van der Waals surface area contributed by atoms with E-state index in [2.05, 4.69) is 4.98 Å². The molecule has 0 aromatic carbocycles. The number of aromatic nitrogens is 1. The first kappa shape index (κ1) is 12.6. The summed E-state index contributed by atoms with van der Waals surface area (Å²) in [7, 11) is 0. The number of nitrogens with zero attached hydrogens (tertiary/aromatic N) is 1. The fourth-order valence-electron chi connectivity index (χ4n) is 1.25. The second-order valence-corrected chi connectivity index (χ2v) is 3.82. The number of hydrogen-bond acceptors (Lipinski definition) is 3. The average molecular weight is 242 g/mol. The molecule has 1 aromatic heterocycles. The number of carboxylic acids is 1. The van der Waals surface area contributed by atoms with Crippen LogP contribution in [-0.2, 0) is 4.79 Å². The highest BCUT2D eigenvalue weighted by Crippen LogP contribution is 2.11. The number of hydrogen-bond donors (Lipinski definition) is 1. The van der Waals surface area contributed by atoms with Crippen LogP contribution in [0.5, 0.6) is 0 Å². The Morgan fingerprint density at radius 1 is 1.31 bits per heavy atom. The van der Waals surface area contributed by atoms with Gasteiger partial charge in [-0.3, -0.25) is 14.6 Å². The van der Waals surface area contributed by atoms with Crippen LogP contribution in [0.3, 0.4) is 0 Å². The maximum atomic E-state index is 11.6. The van der Waals surface area contributed by atoms with Crippen LogP contribution in [0.15, 0.2) is 18.3 Å². The molecule has 0 amide bonds.